The van der Waals surface area contributed by atoms with Gasteiger partial charge in [-0.3, -0.25) is 9.78 Å². The van der Waals surface area contributed by atoms with Crippen molar-refractivity contribution in [1.29, 1.82) is 0 Å². The van der Waals surface area contributed by atoms with Gasteiger partial charge in [0.2, 0.25) is 0 Å². The van der Waals surface area contributed by atoms with Crippen LogP contribution in [0.2, 0.25) is 5.02 Å². The summed E-state index contributed by atoms with van der Waals surface area (Å²) < 4.78 is 11.1. The van der Waals surface area contributed by atoms with Gasteiger partial charge in [-0.05, 0) is 61.1 Å². The maximum Gasteiger partial charge on any atom is 0.307 e. The van der Waals surface area contributed by atoms with E-state index in [1.165, 1.54) is 7.11 Å². The number of benzene rings is 1. The molecule has 0 bridgehead atoms. The minimum absolute atomic E-state index is 0.213. The van der Waals surface area contributed by atoms with Gasteiger partial charge in [0.05, 0.1) is 25.3 Å². The fraction of sp³-hybridized carbons (Fsp3) is 0.261. The summed E-state index contributed by atoms with van der Waals surface area (Å²) in [6.07, 6.45) is 1.96. The van der Waals surface area contributed by atoms with E-state index in [1.54, 1.807) is 6.20 Å². The second-order valence-corrected chi connectivity index (χ2v) is 8.13. The number of aromatic nitrogens is 1. The van der Waals surface area contributed by atoms with Crippen LogP contribution in [0.5, 0.6) is 0 Å². The molecule has 0 aliphatic carbocycles. The smallest absolute Gasteiger partial charge is 0.307 e. The number of carbonyl (C=O) groups excluding carboxylic acids is 1. The lowest BCUT2D eigenvalue weighted by molar-refractivity contribution is -0.140. The van der Waals surface area contributed by atoms with Crippen LogP contribution in [0.15, 0.2) is 59.1 Å². The van der Waals surface area contributed by atoms with E-state index in [9.17, 15) is 4.79 Å². The van der Waals surface area contributed by atoms with Gasteiger partial charge in [-0.1, -0.05) is 23.7 Å². The van der Waals surface area contributed by atoms with Crippen LogP contribution in [0, 0.1) is 6.92 Å². The number of thiocarbonyl (C=S) groups is 1. The van der Waals surface area contributed by atoms with Crippen LogP contribution in [-0.4, -0.2) is 34.6 Å². The third-order valence-electron chi connectivity index (χ3n) is 5.37. The van der Waals surface area contributed by atoms with Gasteiger partial charge in [0, 0.05) is 23.3 Å². The highest BCUT2D eigenvalue weighted by Gasteiger charge is 2.41. The van der Waals surface area contributed by atoms with Crippen LogP contribution < -0.4 is 5.32 Å². The average molecular weight is 456 g/mol. The molecule has 1 aliphatic heterocycles. The number of halogens is 1. The van der Waals surface area contributed by atoms with Crippen molar-refractivity contribution in [2.24, 2.45) is 0 Å². The molecule has 0 saturated carbocycles. The lowest BCUT2D eigenvalue weighted by Gasteiger charge is -2.25. The normalized spacial score (nSPS) is 18.2. The van der Waals surface area contributed by atoms with E-state index < -0.39 is 0 Å². The fourth-order valence-corrected chi connectivity index (χ4v) is 4.29. The lowest BCUT2D eigenvalue weighted by atomic mass is 10.0. The number of pyridine rings is 1. The van der Waals surface area contributed by atoms with Gasteiger partial charge < -0.3 is 19.4 Å². The van der Waals surface area contributed by atoms with Crippen molar-refractivity contribution >= 4 is 34.9 Å². The highest BCUT2D eigenvalue weighted by atomic mass is 35.5. The van der Waals surface area contributed by atoms with Crippen molar-refractivity contribution < 1.29 is 13.9 Å². The highest BCUT2D eigenvalue weighted by Crippen LogP contribution is 2.41. The molecular weight excluding hydrogens is 434 g/mol. The molecule has 1 aliphatic rings. The Morgan fingerprint density at radius 3 is 2.87 bits per heavy atom. The van der Waals surface area contributed by atoms with Crippen LogP contribution >= 0.6 is 23.8 Å². The number of nitrogens with one attached hydrogen (secondary N) is 1. The maximum absolute atomic E-state index is 11.8. The summed E-state index contributed by atoms with van der Waals surface area (Å²) in [5, 5.41) is 4.53. The van der Waals surface area contributed by atoms with Crippen LogP contribution in [0.3, 0.4) is 0 Å². The monoisotopic (exact) mass is 455 g/mol. The zero-order valence-electron chi connectivity index (χ0n) is 17.2. The maximum atomic E-state index is 11.8. The molecule has 31 heavy (non-hydrogen) atoms. The summed E-state index contributed by atoms with van der Waals surface area (Å²) in [7, 11) is 1.38. The van der Waals surface area contributed by atoms with E-state index in [4.69, 9.17) is 33.0 Å². The van der Waals surface area contributed by atoms with Crippen molar-refractivity contribution in [2.75, 3.05) is 13.7 Å². The van der Waals surface area contributed by atoms with E-state index >= 15 is 0 Å². The molecule has 1 fully saturated rings. The van der Waals surface area contributed by atoms with E-state index in [0.29, 0.717) is 16.7 Å². The Bertz CT molecular complexity index is 1100. The first-order chi connectivity index (χ1) is 15.0. The quantitative estimate of drug-likeness (QED) is 0.421. The van der Waals surface area contributed by atoms with E-state index in [2.05, 4.69) is 10.3 Å². The molecule has 6 nitrogen and oxygen atoms in total. The molecule has 3 heterocycles. The lowest BCUT2D eigenvalue weighted by Crippen LogP contribution is -2.31. The zero-order valence-corrected chi connectivity index (χ0v) is 18.7. The molecule has 1 aromatic carbocycles. The first-order valence-corrected chi connectivity index (χ1v) is 10.7. The number of hydrogen-bond donors (Lipinski definition) is 1. The van der Waals surface area contributed by atoms with Crippen LogP contribution in [0.25, 0.3) is 11.3 Å². The Balaban J connectivity index is 1.71. The SMILES string of the molecule is COC(=O)CCN1C(=S)N[C@H](c2ccccn2)[C@H]1c1ccc(-c2cc(Cl)ccc2C)o1. The number of carbonyl (C=O) groups is 1. The van der Waals surface area contributed by atoms with Gasteiger partial charge in [-0.25, -0.2) is 0 Å². The molecule has 2 aromatic heterocycles. The second kappa shape index (κ2) is 9.08. The molecule has 2 atom stereocenters. The molecule has 1 N–H and O–H groups in total. The summed E-state index contributed by atoms with van der Waals surface area (Å²) in [5.41, 5.74) is 2.84. The molecule has 4 rings (SSSR count). The number of furan rings is 1. The topological polar surface area (TPSA) is 67.6 Å². The van der Waals surface area contributed by atoms with Crippen LogP contribution in [0.1, 0.15) is 35.5 Å². The molecule has 1 saturated heterocycles. The van der Waals surface area contributed by atoms with Crippen LogP contribution in [-0.2, 0) is 9.53 Å². The number of ether oxygens (including phenoxy) is 1. The van der Waals surface area contributed by atoms with Crippen LogP contribution in [0.4, 0.5) is 0 Å². The third kappa shape index (κ3) is 4.43. The summed E-state index contributed by atoms with van der Waals surface area (Å²) in [4.78, 5) is 18.2. The summed E-state index contributed by atoms with van der Waals surface area (Å²) >= 11 is 11.8. The van der Waals surface area contributed by atoms with Gasteiger partial charge in [-0.2, -0.15) is 0 Å². The summed E-state index contributed by atoms with van der Waals surface area (Å²) in [6, 6.07) is 14.9. The van der Waals surface area contributed by atoms with Gasteiger partial charge in [-0.15, -0.1) is 0 Å². The zero-order chi connectivity index (χ0) is 22.0. The third-order valence-corrected chi connectivity index (χ3v) is 5.95. The number of methoxy groups -OCH3 is 1. The highest BCUT2D eigenvalue weighted by molar-refractivity contribution is 7.80. The number of hydrogen-bond acceptors (Lipinski definition) is 5. The molecule has 160 valence electrons. The van der Waals surface area contributed by atoms with E-state index in [-0.39, 0.29) is 24.5 Å². The van der Waals surface area contributed by atoms with Gasteiger partial charge >= 0.3 is 5.97 Å². The predicted octanol–water partition coefficient (Wildman–Crippen LogP) is 4.84. The molecule has 3 aromatic rings. The largest absolute Gasteiger partial charge is 0.469 e. The van der Waals surface area contributed by atoms with E-state index in [0.717, 1.165) is 28.3 Å². The van der Waals surface area contributed by atoms with Gasteiger partial charge in [0.1, 0.15) is 17.6 Å². The molecule has 0 unspecified atom stereocenters. The summed E-state index contributed by atoms with van der Waals surface area (Å²) in [5.74, 6) is 1.15. The number of nitrogens with zero attached hydrogens (tertiary/aromatic N) is 2. The van der Waals surface area contributed by atoms with Gasteiger partial charge in [0.25, 0.3) is 0 Å². The summed E-state index contributed by atoms with van der Waals surface area (Å²) in [6.45, 7) is 2.41. The standard InChI is InChI=1S/C23H22ClN3O3S/c1-14-6-7-15(24)13-16(14)18-8-9-19(30-18)22-21(17-5-3-4-11-25-17)26-23(31)27(22)12-10-20(28)29-2/h3-9,11,13,21-22H,10,12H2,1-2H3,(H,26,31)/t21-,22-/m1/s1. The Morgan fingerprint density at radius 1 is 1.29 bits per heavy atom. The minimum atomic E-state index is -0.294. The Labute approximate surface area is 191 Å². The van der Waals surface area contributed by atoms with Crippen molar-refractivity contribution in [1.82, 2.24) is 15.2 Å². The first-order valence-electron chi connectivity index (χ1n) is 9.89. The Kier molecular flexibility index (Phi) is 6.25. The van der Waals surface area contributed by atoms with Gasteiger partial charge in [0.15, 0.2) is 5.11 Å². The fourth-order valence-electron chi connectivity index (χ4n) is 3.79. The average Bonchev–Trinajstić information content (AvgIpc) is 3.38. The minimum Gasteiger partial charge on any atom is -0.469 e. The molecule has 0 amide bonds. The van der Waals surface area contributed by atoms with Crippen molar-refractivity contribution in [3.05, 3.63) is 76.8 Å². The molecule has 8 heteroatoms. The molecule has 0 spiro atoms. The van der Waals surface area contributed by atoms with Crippen molar-refractivity contribution in [3.63, 3.8) is 0 Å². The number of aryl methyl sites for hydroxylation is 1. The van der Waals surface area contributed by atoms with Crippen molar-refractivity contribution in [3.8, 4) is 11.3 Å². The number of rotatable bonds is 6. The second-order valence-electron chi connectivity index (χ2n) is 7.31. The molecular formula is C23H22ClN3O3S. The van der Waals surface area contributed by atoms with Crippen molar-refractivity contribution in [2.45, 2.75) is 25.4 Å². The molecule has 0 radical (unpaired) electrons. The van der Waals surface area contributed by atoms with E-state index in [1.807, 2.05) is 60.4 Å². The Morgan fingerprint density at radius 2 is 2.13 bits per heavy atom. The first kappa shape index (κ1) is 21.3. The number of esters is 1. The predicted molar refractivity (Wildman–Crippen MR) is 123 cm³/mol. The Hall–Kier alpha value is -2.90.